The lowest BCUT2D eigenvalue weighted by molar-refractivity contribution is 0.0469. The second-order valence-electron chi connectivity index (χ2n) is 5.52. The number of pyridine rings is 1. The Morgan fingerprint density at radius 2 is 1.92 bits per heavy atom. The number of anilines is 1. The van der Waals surface area contributed by atoms with Gasteiger partial charge in [0.25, 0.3) is 0 Å². The van der Waals surface area contributed by atoms with Crippen LogP contribution in [0.5, 0.6) is 0 Å². The molecule has 8 heteroatoms. The van der Waals surface area contributed by atoms with E-state index in [4.69, 9.17) is 4.74 Å². The van der Waals surface area contributed by atoms with Crippen molar-refractivity contribution in [2.45, 2.75) is 6.61 Å². The molecule has 0 saturated carbocycles. The van der Waals surface area contributed by atoms with Crippen LogP contribution in [0.3, 0.4) is 0 Å². The van der Waals surface area contributed by atoms with Gasteiger partial charge >= 0.3 is 5.97 Å². The maximum absolute atomic E-state index is 12.4. The summed E-state index contributed by atoms with van der Waals surface area (Å²) in [7, 11) is -2.09. The van der Waals surface area contributed by atoms with Crippen molar-refractivity contribution in [3.63, 3.8) is 0 Å². The average Bonchev–Trinajstić information content (AvgIpc) is 3.01. The summed E-state index contributed by atoms with van der Waals surface area (Å²) >= 11 is 0. The van der Waals surface area contributed by atoms with E-state index < -0.39 is 16.0 Å². The maximum atomic E-state index is 12.4. The summed E-state index contributed by atoms with van der Waals surface area (Å²) in [6, 6.07) is 12.0. The molecule has 0 aliphatic rings. The van der Waals surface area contributed by atoms with E-state index in [1.807, 2.05) is 28.8 Å². The first-order valence-corrected chi connectivity index (χ1v) is 9.34. The van der Waals surface area contributed by atoms with E-state index in [2.05, 4.69) is 4.98 Å². The number of ether oxygens (including phenoxy) is 1. The number of fused-ring (bicyclic) bond motifs is 1. The summed E-state index contributed by atoms with van der Waals surface area (Å²) in [6.45, 7) is -0.00254. The number of imidazole rings is 1. The van der Waals surface area contributed by atoms with Crippen LogP contribution in [0.15, 0.2) is 54.9 Å². The van der Waals surface area contributed by atoms with Crippen molar-refractivity contribution < 1.29 is 17.9 Å². The second kappa shape index (κ2) is 6.56. The van der Waals surface area contributed by atoms with Gasteiger partial charge in [-0.25, -0.2) is 18.2 Å². The summed E-state index contributed by atoms with van der Waals surface area (Å²) in [4.78, 5) is 16.8. The number of hydrogen-bond acceptors (Lipinski definition) is 5. The minimum absolute atomic E-state index is 0.00254. The topological polar surface area (TPSA) is 81.0 Å². The van der Waals surface area contributed by atoms with Crippen LogP contribution in [0.1, 0.15) is 16.1 Å². The van der Waals surface area contributed by atoms with Gasteiger partial charge in [0.05, 0.1) is 23.2 Å². The zero-order chi connectivity index (χ0) is 18.0. The van der Waals surface area contributed by atoms with Gasteiger partial charge in [-0.3, -0.25) is 4.31 Å². The van der Waals surface area contributed by atoms with Crippen LogP contribution in [0.2, 0.25) is 0 Å². The standard InChI is InChI=1S/C17H17N3O4S/c1-19(25(2,22)23)15-8-4-3-7-14(15)17(21)24-12-13-11-20-10-6-5-9-16(20)18-13/h3-11H,12H2,1-2H3. The number of nitrogens with zero attached hydrogens (tertiary/aromatic N) is 3. The van der Waals surface area contributed by atoms with Crippen LogP contribution in [-0.4, -0.2) is 37.1 Å². The Hall–Kier alpha value is -2.87. The van der Waals surface area contributed by atoms with Crippen molar-refractivity contribution >= 4 is 27.3 Å². The van der Waals surface area contributed by atoms with Crippen molar-refractivity contribution in [2.24, 2.45) is 0 Å². The molecule has 3 aromatic rings. The minimum atomic E-state index is -3.49. The molecule has 0 aliphatic carbocycles. The highest BCUT2D eigenvalue weighted by molar-refractivity contribution is 7.92. The molecule has 0 N–H and O–H groups in total. The Labute approximate surface area is 145 Å². The summed E-state index contributed by atoms with van der Waals surface area (Å²) in [5.41, 5.74) is 1.81. The Balaban J connectivity index is 1.79. The fourth-order valence-electron chi connectivity index (χ4n) is 2.37. The molecule has 0 spiro atoms. The molecule has 0 aliphatic heterocycles. The number of carbonyl (C=O) groups is 1. The van der Waals surface area contributed by atoms with Crippen LogP contribution in [0, 0.1) is 0 Å². The number of sulfonamides is 1. The molecule has 1 aromatic carbocycles. The maximum Gasteiger partial charge on any atom is 0.340 e. The van der Waals surface area contributed by atoms with Crippen LogP contribution in [-0.2, 0) is 21.4 Å². The molecule has 0 fully saturated rings. The van der Waals surface area contributed by atoms with Gasteiger partial charge in [-0.2, -0.15) is 0 Å². The third kappa shape index (κ3) is 3.63. The quantitative estimate of drug-likeness (QED) is 0.652. The first kappa shape index (κ1) is 17.0. The normalized spacial score (nSPS) is 11.4. The van der Waals surface area contributed by atoms with Crippen molar-refractivity contribution in [2.75, 3.05) is 17.6 Å². The highest BCUT2D eigenvalue weighted by Gasteiger charge is 2.20. The first-order valence-electron chi connectivity index (χ1n) is 7.49. The van der Waals surface area contributed by atoms with E-state index in [0.29, 0.717) is 5.69 Å². The molecule has 130 valence electrons. The number of esters is 1. The van der Waals surface area contributed by atoms with Gasteiger partial charge < -0.3 is 9.14 Å². The summed E-state index contributed by atoms with van der Waals surface area (Å²) < 4.78 is 31.7. The SMILES string of the molecule is CN(c1ccccc1C(=O)OCc1cn2ccccc2n1)S(C)(=O)=O. The molecule has 7 nitrogen and oxygen atoms in total. The lowest BCUT2D eigenvalue weighted by Crippen LogP contribution is -2.26. The molecule has 0 unspecified atom stereocenters. The summed E-state index contributed by atoms with van der Waals surface area (Å²) in [5, 5.41) is 0. The van der Waals surface area contributed by atoms with Gasteiger partial charge in [0.15, 0.2) is 0 Å². The third-order valence-corrected chi connectivity index (χ3v) is 4.92. The fraction of sp³-hybridized carbons (Fsp3) is 0.176. The fourth-order valence-corrected chi connectivity index (χ4v) is 2.89. The molecular weight excluding hydrogens is 342 g/mol. The number of carbonyl (C=O) groups excluding carboxylic acids is 1. The van der Waals surface area contributed by atoms with Crippen molar-refractivity contribution in [3.05, 3.63) is 66.1 Å². The van der Waals surface area contributed by atoms with Crippen molar-refractivity contribution in [1.82, 2.24) is 9.38 Å². The van der Waals surface area contributed by atoms with Crippen LogP contribution < -0.4 is 4.31 Å². The molecular formula is C17H17N3O4S. The summed E-state index contributed by atoms with van der Waals surface area (Å²) in [6.07, 6.45) is 4.70. The van der Waals surface area contributed by atoms with E-state index in [1.165, 1.54) is 13.1 Å². The van der Waals surface area contributed by atoms with E-state index in [9.17, 15) is 13.2 Å². The lowest BCUT2D eigenvalue weighted by atomic mass is 10.2. The molecule has 0 atom stereocenters. The van der Waals surface area contributed by atoms with Crippen LogP contribution in [0.4, 0.5) is 5.69 Å². The number of hydrogen-bond donors (Lipinski definition) is 0. The van der Waals surface area contributed by atoms with Gasteiger partial charge in [-0.05, 0) is 24.3 Å². The van der Waals surface area contributed by atoms with Gasteiger partial charge in [-0.15, -0.1) is 0 Å². The van der Waals surface area contributed by atoms with Crippen molar-refractivity contribution in [3.8, 4) is 0 Å². The lowest BCUT2D eigenvalue weighted by Gasteiger charge is -2.19. The zero-order valence-corrected chi connectivity index (χ0v) is 14.6. The number of aromatic nitrogens is 2. The largest absolute Gasteiger partial charge is 0.455 e. The van der Waals surface area contributed by atoms with Gasteiger partial charge in [-0.1, -0.05) is 18.2 Å². The molecule has 0 saturated heterocycles. The van der Waals surface area contributed by atoms with Gasteiger partial charge in [0, 0.05) is 19.4 Å². The Kier molecular flexibility index (Phi) is 4.45. The summed E-state index contributed by atoms with van der Waals surface area (Å²) in [5.74, 6) is -0.608. The molecule has 0 amide bonds. The van der Waals surface area contributed by atoms with Crippen LogP contribution in [0.25, 0.3) is 5.65 Å². The predicted molar refractivity (Wildman–Crippen MR) is 94.0 cm³/mol. The monoisotopic (exact) mass is 359 g/mol. The number of benzene rings is 1. The van der Waals surface area contributed by atoms with Gasteiger partial charge in [0.2, 0.25) is 10.0 Å². The van der Waals surface area contributed by atoms with Gasteiger partial charge in [0.1, 0.15) is 12.3 Å². The van der Waals surface area contributed by atoms with Crippen LogP contribution >= 0.6 is 0 Å². The highest BCUT2D eigenvalue weighted by Crippen LogP contribution is 2.22. The Bertz CT molecular complexity index is 994. The predicted octanol–water partition coefficient (Wildman–Crippen LogP) is 2.09. The smallest absolute Gasteiger partial charge is 0.340 e. The highest BCUT2D eigenvalue weighted by atomic mass is 32.2. The third-order valence-electron chi connectivity index (χ3n) is 3.73. The Morgan fingerprint density at radius 3 is 2.64 bits per heavy atom. The van der Waals surface area contributed by atoms with E-state index >= 15 is 0 Å². The van der Waals surface area contributed by atoms with E-state index in [1.54, 1.807) is 24.4 Å². The van der Waals surface area contributed by atoms with Crippen molar-refractivity contribution in [1.29, 1.82) is 0 Å². The number of para-hydroxylation sites is 1. The average molecular weight is 359 g/mol. The molecule has 0 radical (unpaired) electrons. The molecule has 2 aromatic heterocycles. The second-order valence-corrected chi connectivity index (χ2v) is 7.54. The molecule has 0 bridgehead atoms. The molecule has 2 heterocycles. The van der Waals surface area contributed by atoms with E-state index in [-0.39, 0.29) is 17.9 Å². The minimum Gasteiger partial charge on any atom is -0.455 e. The number of rotatable bonds is 5. The Morgan fingerprint density at radius 1 is 1.20 bits per heavy atom. The molecule has 25 heavy (non-hydrogen) atoms. The zero-order valence-electron chi connectivity index (χ0n) is 13.8. The first-order chi connectivity index (χ1) is 11.9. The molecule has 3 rings (SSSR count). The van der Waals surface area contributed by atoms with E-state index in [0.717, 1.165) is 16.2 Å².